The first-order valence-corrected chi connectivity index (χ1v) is 9.80. The normalized spacial score (nSPS) is 20.0. The topological polar surface area (TPSA) is 111 Å². The van der Waals surface area contributed by atoms with E-state index in [0.717, 1.165) is 0 Å². The molecular weight excluding hydrogens is 384 g/mol. The van der Waals surface area contributed by atoms with Crippen LogP contribution in [0.4, 0.5) is 11.5 Å². The first-order valence-electron chi connectivity index (χ1n) is 9.80. The summed E-state index contributed by atoms with van der Waals surface area (Å²) in [6.45, 7) is 3.78. The van der Waals surface area contributed by atoms with Crippen LogP contribution in [0.3, 0.4) is 0 Å². The number of nitrogens with zero attached hydrogens (tertiary/aromatic N) is 5. The lowest BCUT2D eigenvalue weighted by Gasteiger charge is -2.48. The predicted molar refractivity (Wildman–Crippen MR) is 108 cm³/mol. The minimum atomic E-state index is -0.892. The molecule has 2 aromatic rings. The molecule has 154 valence electrons. The molecule has 1 unspecified atom stereocenters. The number of aryl methyl sites for hydroxylation is 2. The number of anilines is 2. The average Bonchev–Trinajstić information content (AvgIpc) is 3.22. The second-order valence-electron chi connectivity index (χ2n) is 7.70. The standard InChI is InChI=1S/C21H22N6O3/c1-14-12-17(26(24-14)11-5-10-22)23-18(28)13-25-20(30)15-6-3-4-7-16(15)27-19(29)8-9-21(25,27)2/h3-4,6-7,12H,5,8-9,11,13H2,1-2H3,(H,23,28). The maximum absolute atomic E-state index is 13.2. The zero-order chi connectivity index (χ0) is 21.5. The number of hydrogen-bond donors (Lipinski definition) is 1. The van der Waals surface area contributed by atoms with Crippen molar-refractivity contribution in [2.45, 2.75) is 45.3 Å². The molecule has 0 aliphatic carbocycles. The molecule has 1 fully saturated rings. The molecule has 4 rings (SSSR count). The van der Waals surface area contributed by atoms with Crippen LogP contribution < -0.4 is 10.2 Å². The lowest BCUT2D eigenvalue weighted by molar-refractivity contribution is -0.120. The van der Waals surface area contributed by atoms with E-state index in [0.29, 0.717) is 42.1 Å². The molecule has 1 aromatic carbocycles. The maximum Gasteiger partial charge on any atom is 0.258 e. The Bertz CT molecular complexity index is 1080. The van der Waals surface area contributed by atoms with E-state index in [1.165, 1.54) is 4.90 Å². The Kier molecular flexibility index (Phi) is 4.78. The van der Waals surface area contributed by atoms with Crippen LogP contribution in [0.15, 0.2) is 30.3 Å². The molecule has 30 heavy (non-hydrogen) atoms. The van der Waals surface area contributed by atoms with Crippen LogP contribution in [0.25, 0.3) is 0 Å². The number of para-hydroxylation sites is 1. The minimum absolute atomic E-state index is 0.0620. The second kappa shape index (κ2) is 7.30. The van der Waals surface area contributed by atoms with Gasteiger partial charge in [0.2, 0.25) is 11.8 Å². The maximum atomic E-state index is 13.2. The number of rotatable bonds is 5. The summed E-state index contributed by atoms with van der Waals surface area (Å²) < 4.78 is 1.57. The van der Waals surface area contributed by atoms with Gasteiger partial charge in [-0.25, -0.2) is 4.68 Å². The van der Waals surface area contributed by atoms with Crippen molar-refractivity contribution in [1.29, 1.82) is 5.26 Å². The quantitative estimate of drug-likeness (QED) is 0.817. The summed E-state index contributed by atoms with van der Waals surface area (Å²) in [6, 6.07) is 10.8. The molecular formula is C21H22N6O3. The molecule has 2 aliphatic rings. The summed E-state index contributed by atoms with van der Waals surface area (Å²) in [4.78, 5) is 41.8. The number of carbonyl (C=O) groups is 3. The number of fused-ring (bicyclic) bond motifs is 3. The van der Waals surface area contributed by atoms with E-state index in [4.69, 9.17) is 5.26 Å². The van der Waals surface area contributed by atoms with Crippen molar-refractivity contribution in [2.75, 3.05) is 16.8 Å². The Balaban J connectivity index is 1.60. The summed E-state index contributed by atoms with van der Waals surface area (Å²) in [7, 11) is 0. The SMILES string of the molecule is Cc1cc(NC(=O)CN2C(=O)c3ccccc3N3C(=O)CCC23C)n(CCC#N)n1. The van der Waals surface area contributed by atoms with Crippen LogP contribution in [0, 0.1) is 18.3 Å². The minimum Gasteiger partial charge on any atom is -0.309 e. The van der Waals surface area contributed by atoms with Gasteiger partial charge in [0.25, 0.3) is 5.91 Å². The van der Waals surface area contributed by atoms with Gasteiger partial charge in [0.15, 0.2) is 0 Å². The molecule has 2 aliphatic heterocycles. The van der Waals surface area contributed by atoms with Crippen molar-refractivity contribution in [3.63, 3.8) is 0 Å². The highest BCUT2D eigenvalue weighted by Crippen LogP contribution is 2.43. The van der Waals surface area contributed by atoms with Crippen LogP contribution in [0.5, 0.6) is 0 Å². The van der Waals surface area contributed by atoms with E-state index >= 15 is 0 Å². The number of aromatic nitrogens is 2. The fourth-order valence-corrected chi connectivity index (χ4v) is 4.24. The van der Waals surface area contributed by atoms with Crippen molar-refractivity contribution in [3.8, 4) is 6.07 Å². The second-order valence-corrected chi connectivity index (χ2v) is 7.70. The van der Waals surface area contributed by atoms with Gasteiger partial charge < -0.3 is 10.2 Å². The molecule has 1 aromatic heterocycles. The van der Waals surface area contributed by atoms with Crippen molar-refractivity contribution >= 4 is 29.2 Å². The lowest BCUT2D eigenvalue weighted by Crippen LogP contribution is -2.63. The summed E-state index contributed by atoms with van der Waals surface area (Å²) in [6.07, 6.45) is 1.04. The Morgan fingerprint density at radius 3 is 2.87 bits per heavy atom. The molecule has 3 heterocycles. The summed E-state index contributed by atoms with van der Waals surface area (Å²) in [5, 5.41) is 15.9. The Morgan fingerprint density at radius 2 is 2.10 bits per heavy atom. The third-order valence-corrected chi connectivity index (χ3v) is 5.65. The van der Waals surface area contributed by atoms with E-state index < -0.39 is 5.66 Å². The zero-order valence-corrected chi connectivity index (χ0v) is 16.9. The Labute approximate surface area is 173 Å². The Hall–Kier alpha value is -3.67. The van der Waals surface area contributed by atoms with Crippen molar-refractivity contribution in [3.05, 3.63) is 41.6 Å². The smallest absolute Gasteiger partial charge is 0.258 e. The summed E-state index contributed by atoms with van der Waals surface area (Å²) in [5.74, 6) is -0.250. The van der Waals surface area contributed by atoms with Gasteiger partial charge in [-0.2, -0.15) is 10.4 Å². The third-order valence-electron chi connectivity index (χ3n) is 5.65. The van der Waals surface area contributed by atoms with E-state index in [2.05, 4.69) is 16.5 Å². The van der Waals surface area contributed by atoms with Crippen LogP contribution in [0.2, 0.25) is 0 Å². The summed E-state index contributed by atoms with van der Waals surface area (Å²) in [5.41, 5.74) is 0.824. The molecule has 0 spiro atoms. The molecule has 1 atom stereocenters. The van der Waals surface area contributed by atoms with Gasteiger partial charge in [0.1, 0.15) is 18.0 Å². The van der Waals surface area contributed by atoms with Gasteiger partial charge >= 0.3 is 0 Å². The molecule has 3 amide bonds. The molecule has 0 saturated carbocycles. The number of nitrogens with one attached hydrogen (secondary N) is 1. The molecule has 9 heteroatoms. The first-order chi connectivity index (χ1) is 14.3. The molecule has 1 N–H and O–H groups in total. The highest BCUT2D eigenvalue weighted by atomic mass is 16.2. The van der Waals surface area contributed by atoms with Gasteiger partial charge in [-0.15, -0.1) is 0 Å². The largest absolute Gasteiger partial charge is 0.309 e. The van der Waals surface area contributed by atoms with Gasteiger partial charge in [-0.05, 0) is 32.4 Å². The van der Waals surface area contributed by atoms with Crippen molar-refractivity contribution in [1.82, 2.24) is 14.7 Å². The first kappa shape index (κ1) is 19.6. The van der Waals surface area contributed by atoms with Gasteiger partial charge in [-0.1, -0.05) is 12.1 Å². The van der Waals surface area contributed by atoms with E-state index in [1.54, 1.807) is 46.8 Å². The number of hydrogen-bond acceptors (Lipinski definition) is 5. The fraction of sp³-hybridized carbons (Fsp3) is 0.381. The number of amides is 3. The van der Waals surface area contributed by atoms with E-state index in [1.807, 2.05) is 6.92 Å². The molecule has 1 saturated heterocycles. The fourth-order valence-electron chi connectivity index (χ4n) is 4.24. The van der Waals surface area contributed by atoms with Gasteiger partial charge in [0.05, 0.1) is 36.0 Å². The van der Waals surface area contributed by atoms with Crippen LogP contribution in [-0.2, 0) is 16.1 Å². The zero-order valence-electron chi connectivity index (χ0n) is 16.9. The number of nitriles is 1. The molecule has 0 bridgehead atoms. The van der Waals surface area contributed by atoms with Crippen LogP contribution in [0.1, 0.15) is 42.2 Å². The van der Waals surface area contributed by atoms with E-state index in [-0.39, 0.29) is 30.7 Å². The molecule has 9 nitrogen and oxygen atoms in total. The lowest BCUT2D eigenvalue weighted by atomic mass is 9.98. The van der Waals surface area contributed by atoms with E-state index in [9.17, 15) is 14.4 Å². The predicted octanol–water partition coefficient (Wildman–Crippen LogP) is 2.04. The molecule has 0 radical (unpaired) electrons. The highest BCUT2D eigenvalue weighted by molar-refractivity contribution is 6.11. The summed E-state index contributed by atoms with van der Waals surface area (Å²) >= 11 is 0. The monoisotopic (exact) mass is 406 g/mol. The van der Waals surface area contributed by atoms with Crippen molar-refractivity contribution < 1.29 is 14.4 Å². The number of carbonyl (C=O) groups excluding carboxylic acids is 3. The van der Waals surface area contributed by atoms with Crippen LogP contribution >= 0.6 is 0 Å². The highest BCUT2D eigenvalue weighted by Gasteiger charge is 2.53. The third kappa shape index (κ3) is 3.10. The average molecular weight is 406 g/mol. The number of benzene rings is 1. The van der Waals surface area contributed by atoms with Gasteiger partial charge in [0, 0.05) is 12.5 Å². The Morgan fingerprint density at radius 1 is 1.33 bits per heavy atom. The van der Waals surface area contributed by atoms with Crippen molar-refractivity contribution in [2.24, 2.45) is 0 Å². The van der Waals surface area contributed by atoms with Gasteiger partial charge in [-0.3, -0.25) is 19.3 Å². The van der Waals surface area contributed by atoms with Crippen LogP contribution in [-0.4, -0.2) is 44.6 Å².